The topological polar surface area (TPSA) is 43.8 Å². The summed E-state index contributed by atoms with van der Waals surface area (Å²) in [5, 5.41) is 4.59. The minimum Gasteiger partial charge on any atom is -0.383 e. The van der Waals surface area contributed by atoms with Crippen molar-refractivity contribution in [3.8, 4) is 11.1 Å². The summed E-state index contributed by atoms with van der Waals surface area (Å²) in [7, 11) is 1.91. The predicted octanol–water partition coefficient (Wildman–Crippen LogP) is 3.57. The number of rotatable bonds is 4. The fourth-order valence-corrected chi connectivity index (χ4v) is 2.34. The molecular formula is C16H23N3. The first kappa shape index (κ1) is 13.7. The monoisotopic (exact) mass is 257 g/mol. The number of nitrogens with zero attached hydrogens (tertiary/aromatic N) is 2. The molecule has 0 spiro atoms. The van der Waals surface area contributed by atoms with Gasteiger partial charge in [-0.1, -0.05) is 38.1 Å². The second-order valence-electron chi connectivity index (χ2n) is 5.58. The molecule has 1 aromatic carbocycles. The van der Waals surface area contributed by atoms with Gasteiger partial charge in [-0.15, -0.1) is 0 Å². The Hall–Kier alpha value is -1.77. The third-order valence-electron chi connectivity index (χ3n) is 3.54. The van der Waals surface area contributed by atoms with Gasteiger partial charge in [0.15, 0.2) is 0 Å². The van der Waals surface area contributed by atoms with E-state index in [2.05, 4.69) is 50.1 Å². The molecule has 0 radical (unpaired) electrons. The van der Waals surface area contributed by atoms with Crippen LogP contribution in [0.2, 0.25) is 0 Å². The molecule has 0 saturated heterocycles. The van der Waals surface area contributed by atoms with Crippen LogP contribution in [0.5, 0.6) is 0 Å². The van der Waals surface area contributed by atoms with E-state index < -0.39 is 0 Å². The van der Waals surface area contributed by atoms with E-state index in [1.807, 2.05) is 7.05 Å². The Labute approximate surface area is 115 Å². The van der Waals surface area contributed by atoms with Gasteiger partial charge in [0, 0.05) is 12.6 Å². The summed E-state index contributed by atoms with van der Waals surface area (Å²) in [5.74, 6) is 1.43. The van der Waals surface area contributed by atoms with E-state index in [4.69, 9.17) is 5.73 Å². The normalized spacial score (nSPS) is 11.2. The average Bonchev–Trinajstić information content (AvgIpc) is 2.64. The van der Waals surface area contributed by atoms with Crippen LogP contribution in [0.1, 0.15) is 31.5 Å². The van der Waals surface area contributed by atoms with Crippen molar-refractivity contribution in [2.45, 2.75) is 33.6 Å². The minimum absolute atomic E-state index is 0.674. The number of hydrogen-bond donors (Lipinski definition) is 1. The summed E-state index contributed by atoms with van der Waals surface area (Å²) >= 11 is 0. The van der Waals surface area contributed by atoms with Gasteiger partial charge in [-0.05, 0) is 36.8 Å². The van der Waals surface area contributed by atoms with E-state index in [9.17, 15) is 0 Å². The zero-order chi connectivity index (χ0) is 14.0. The highest BCUT2D eigenvalue weighted by Crippen LogP contribution is 2.32. The minimum atomic E-state index is 0.674. The Kier molecular flexibility index (Phi) is 3.93. The molecule has 1 aromatic heterocycles. The van der Waals surface area contributed by atoms with Crippen LogP contribution in [0, 0.1) is 12.8 Å². The molecule has 0 unspecified atom stereocenters. The van der Waals surface area contributed by atoms with Crippen LogP contribution in [-0.4, -0.2) is 9.78 Å². The molecule has 3 nitrogen and oxygen atoms in total. The zero-order valence-corrected chi connectivity index (χ0v) is 12.3. The lowest BCUT2D eigenvalue weighted by Gasteiger charge is -2.08. The summed E-state index contributed by atoms with van der Waals surface area (Å²) in [5.41, 5.74) is 10.9. The lowest BCUT2D eigenvalue weighted by molar-refractivity contribution is 0.577. The van der Waals surface area contributed by atoms with Gasteiger partial charge in [-0.25, -0.2) is 0 Å². The lowest BCUT2D eigenvalue weighted by Crippen LogP contribution is -1.98. The molecule has 0 fully saturated rings. The van der Waals surface area contributed by atoms with Crippen LogP contribution in [0.15, 0.2) is 24.3 Å². The smallest absolute Gasteiger partial charge is 0.129 e. The standard InChI is InChI=1S/C16H23N3/c1-11(2)9-10-14-15(16(17)19(4)18-14)13-8-6-5-7-12(13)3/h5-8,11H,9-10,17H2,1-4H3. The number of nitrogen functional groups attached to an aromatic ring is 1. The maximum Gasteiger partial charge on any atom is 0.129 e. The van der Waals surface area contributed by atoms with Crippen LogP contribution in [0.4, 0.5) is 5.82 Å². The third kappa shape index (κ3) is 2.80. The molecule has 0 atom stereocenters. The summed E-state index contributed by atoms with van der Waals surface area (Å²) in [6, 6.07) is 8.36. The molecule has 0 saturated carbocycles. The maximum absolute atomic E-state index is 6.21. The maximum atomic E-state index is 6.21. The van der Waals surface area contributed by atoms with Gasteiger partial charge in [0.2, 0.25) is 0 Å². The first-order valence-corrected chi connectivity index (χ1v) is 6.88. The quantitative estimate of drug-likeness (QED) is 0.910. The highest BCUT2D eigenvalue weighted by Gasteiger charge is 2.17. The van der Waals surface area contributed by atoms with Crippen LogP contribution in [0.25, 0.3) is 11.1 Å². The molecule has 1 heterocycles. The van der Waals surface area contributed by atoms with Gasteiger partial charge < -0.3 is 5.73 Å². The molecular weight excluding hydrogens is 234 g/mol. The van der Waals surface area contributed by atoms with Crippen LogP contribution < -0.4 is 5.73 Å². The molecule has 102 valence electrons. The molecule has 0 amide bonds. The fourth-order valence-electron chi connectivity index (χ4n) is 2.34. The molecule has 0 bridgehead atoms. The Balaban J connectivity index is 2.47. The summed E-state index contributed by atoms with van der Waals surface area (Å²) in [6.07, 6.45) is 2.11. The van der Waals surface area contributed by atoms with Crippen molar-refractivity contribution in [3.63, 3.8) is 0 Å². The van der Waals surface area contributed by atoms with E-state index in [1.165, 1.54) is 11.1 Å². The highest BCUT2D eigenvalue weighted by atomic mass is 15.3. The molecule has 2 aromatic rings. The van der Waals surface area contributed by atoms with Crippen molar-refractivity contribution in [1.29, 1.82) is 0 Å². The Morgan fingerprint density at radius 2 is 1.95 bits per heavy atom. The third-order valence-corrected chi connectivity index (χ3v) is 3.54. The zero-order valence-electron chi connectivity index (χ0n) is 12.3. The van der Waals surface area contributed by atoms with Gasteiger partial charge in [0.1, 0.15) is 5.82 Å². The molecule has 19 heavy (non-hydrogen) atoms. The number of hydrogen-bond acceptors (Lipinski definition) is 2. The fraction of sp³-hybridized carbons (Fsp3) is 0.438. The first-order chi connectivity index (χ1) is 9.00. The second-order valence-corrected chi connectivity index (χ2v) is 5.58. The van der Waals surface area contributed by atoms with Crippen molar-refractivity contribution < 1.29 is 0 Å². The molecule has 0 aliphatic heterocycles. The molecule has 3 heteroatoms. The van der Waals surface area contributed by atoms with E-state index in [-0.39, 0.29) is 0 Å². The number of aryl methyl sites for hydroxylation is 3. The molecule has 2 rings (SSSR count). The Bertz CT molecular complexity index is 567. The number of nitrogens with two attached hydrogens (primary N) is 1. The van der Waals surface area contributed by atoms with Gasteiger partial charge >= 0.3 is 0 Å². The largest absolute Gasteiger partial charge is 0.383 e. The Morgan fingerprint density at radius 3 is 2.58 bits per heavy atom. The van der Waals surface area contributed by atoms with Crippen molar-refractivity contribution in [1.82, 2.24) is 9.78 Å². The first-order valence-electron chi connectivity index (χ1n) is 6.88. The van der Waals surface area contributed by atoms with Gasteiger partial charge in [-0.3, -0.25) is 4.68 Å². The predicted molar refractivity (Wildman–Crippen MR) is 81.0 cm³/mol. The van der Waals surface area contributed by atoms with Crippen LogP contribution >= 0.6 is 0 Å². The average molecular weight is 257 g/mol. The van der Waals surface area contributed by atoms with Gasteiger partial charge in [-0.2, -0.15) is 5.10 Å². The summed E-state index contributed by atoms with van der Waals surface area (Å²) in [6.45, 7) is 6.59. The SMILES string of the molecule is Cc1ccccc1-c1c(CCC(C)C)nn(C)c1N. The van der Waals surface area contributed by atoms with Crippen molar-refractivity contribution in [2.75, 3.05) is 5.73 Å². The lowest BCUT2D eigenvalue weighted by atomic mass is 9.97. The summed E-state index contributed by atoms with van der Waals surface area (Å²) < 4.78 is 1.79. The van der Waals surface area contributed by atoms with E-state index in [0.29, 0.717) is 5.92 Å². The summed E-state index contributed by atoms with van der Waals surface area (Å²) in [4.78, 5) is 0. The van der Waals surface area contributed by atoms with Gasteiger partial charge in [0.25, 0.3) is 0 Å². The van der Waals surface area contributed by atoms with Crippen LogP contribution in [-0.2, 0) is 13.5 Å². The molecule has 2 N–H and O–H groups in total. The number of aromatic nitrogens is 2. The van der Waals surface area contributed by atoms with Crippen molar-refractivity contribution in [3.05, 3.63) is 35.5 Å². The van der Waals surface area contributed by atoms with Crippen molar-refractivity contribution in [2.24, 2.45) is 13.0 Å². The highest BCUT2D eigenvalue weighted by molar-refractivity contribution is 5.78. The Morgan fingerprint density at radius 1 is 1.26 bits per heavy atom. The van der Waals surface area contributed by atoms with Crippen molar-refractivity contribution >= 4 is 5.82 Å². The second kappa shape index (κ2) is 5.47. The van der Waals surface area contributed by atoms with E-state index in [1.54, 1.807) is 4.68 Å². The molecule has 0 aliphatic carbocycles. The van der Waals surface area contributed by atoms with E-state index in [0.717, 1.165) is 29.9 Å². The number of anilines is 1. The number of benzene rings is 1. The van der Waals surface area contributed by atoms with E-state index >= 15 is 0 Å². The van der Waals surface area contributed by atoms with Crippen LogP contribution in [0.3, 0.4) is 0 Å². The molecule has 0 aliphatic rings. The van der Waals surface area contributed by atoms with Gasteiger partial charge in [0.05, 0.1) is 5.69 Å².